The van der Waals surface area contributed by atoms with E-state index in [0.29, 0.717) is 0 Å². The molecule has 1 unspecified atom stereocenters. The molecule has 0 saturated heterocycles. The number of hydrogen-bond acceptors (Lipinski definition) is 2. The molecular formula is C17H19Cl2NS. The fourth-order valence-electron chi connectivity index (χ4n) is 2.22. The van der Waals surface area contributed by atoms with Gasteiger partial charge in [0.25, 0.3) is 0 Å². The zero-order chi connectivity index (χ0) is 15.4. The predicted octanol–water partition coefficient (Wildman–Crippen LogP) is 5.66. The molecule has 1 N–H and O–H groups in total. The first-order valence-electron chi connectivity index (χ1n) is 6.83. The van der Waals surface area contributed by atoms with Crippen molar-refractivity contribution in [1.82, 2.24) is 5.32 Å². The molecule has 1 atom stereocenters. The summed E-state index contributed by atoms with van der Waals surface area (Å²) in [5.74, 6) is 0.904. The van der Waals surface area contributed by atoms with E-state index < -0.39 is 0 Å². The van der Waals surface area contributed by atoms with Crippen molar-refractivity contribution in [3.63, 3.8) is 0 Å². The standard InChI is InChI=1S/C17H19Cl2NS/c1-11-4-5-12(2)14(8-11)16(20-3)10-21-17-9-13(18)6-7-15(17)19/h4-9,16,20H,10H2,1-3H3. The van der Waals surface area contributed by atoms with Gasteiger partial charge in [0.15, 0.2) is 0 Å². The molecule has 0 spiro atoms. The maximum absolute atomic E-state index is 6.23. The van der Waals surface area contributed by atoms with E-state index in [0.717, 1.165) is 20.7 Å². The van der Waals surface area contributed by atoms with Crippen molar-refractivity contribution in [3.8, 4) is 0 Å². The van der Waals surface area contributed by atoms with Gasteiger partial charge in [-0.2, -0.15) is 0 Å². The first kappa shape index (κ1) is 16.7. The molecular weight excluding hydrogens is 321 g/mol. The average Bonchev–Trinajstić information content (AvgIpc) is 2.46. The van der Waals surface area contributed by atoms with Crippen LogP contribution in [0.3, 0.4) is 0 Å². The number of rotatable bonds is 5. The highest BCUT2D eigenvalue weighted by atomic mass is 35.5. The highest BCUT2D eigenvalue weighted by molar-refractivity contribution is 7.99. The maximum Gasteiger partial charge on any atom is 0.0542 e. The Hall–Kier alpha value is -0.670. The van der Waals surface area contributed by atoms with E-state index in [1.165, 1.54) is 16.7 Å². The summed E-state index contributed by atoms with van der Waals surface area (Å²) in [5, 5.41) is 4.86. The average molecular weight is 340 g/mol. The van der Waals surface area contributed by atoms with Crippen molar-refractivity contribution in [3.05, 3.63) is 63.1 Å². The molecule has 0 heterocycles. The molecule has 0 saturated carbocycles. The number of aryl methyl sites for hydroxylation is 2. The molecule has 0 aliphatic carbocycles. The van der Waals surface area contributed by atoms with Crippen LogP contribution in [0.4, 0.5) is 0 Å². The van der Waals surface area contributed by atoms with E-state index in [1.54, 1.807) is 11.8 Å². The van der Waals surface area contributed by atoms with Crippen molar-refractivity contribution in [2.75, 3.05) is 12.8 Å². The lowest BCUT2D eigenvalue weighted by molar-refractivity contribution is 0.657. The Morgan fingerprint density at radius 3 is 2.57 bits per heavy atom. The van der Waals surface area contributed by atoms with E-state index >= 15 is 0 Å². The molecule has 0 aromatic heterocycles. The Kier molecular flexibility index (Phi) is 6.00. The monoisotopic (exact) mass is 339 g/mol. The third-order valence-electron chi connectivity index (χ3n) is 3.46. The lowest BCUT2D eigenvalue weighted by atomic mass is 10.0. The molecule has 21 heavy (non-hydrogen) atoms. The third kappa shape index (κ3) is 4.40. The second kappa shape index (κ2) is 7.55. The fraction of sp³-hybridized carbons (Fsp3) is 0.294. The summed E-state index contributed by atoms with van der Waals surface area (Å²) in [5.41, 5.74) is 3.92. The summed E-state index contributed by atoms with van der Waals surface area (Å²) < 4.78 is 0. The topological polar surface area (TPSA) is 12.0 Å². The minimum absolute atomic E-state index is 0.282. The molecule has 4 heteroatoms. The van der Waals surface area contributed by atoms with Crippen LogP contribution in [-0.2, 0) is 0 Å². The summed E-state index contributed by atoms with van der Waals surface area (Å²) in [6.45, 7) is 4.27. The van der Waals surface area contributed by atoms with Gasteiger partial charge in [-0.05, 0) is 50.2 Å². The van der Waals surface area contributed by atoms with E-state index in [1.807, 2.05) is 25.2 Å². The van der Waals surface area contributed by atoms with E-state index in [-0.39, 0.29) is 6.04 Å². The van der Waals surface area contributed by atoms with Gasteiger partial charge in [-0.15, -0.1) is 11.8 Å². The van der Waals surface area contributed by atoms with Gasteiger partial charge < -0.3 is 5.32 Å². The largest absolute Gasteiger partial charge is 0.312 e. The number of thioether (sulfide) groups is 1. The molecule has 1 nitrogen and oxygen atoms in total. The molecule has 2 aromatic rings. The van der Waals surface area contributed by atoms with Crippen LogP contribution in [0.5, 0.6) is 0 Å². The minimum atomic E-state index is 0.282. The fourth-order valence-corrected chi connectivity index (χ4v) is 3.85. The Labute approximate surface area is 141 Å². The SMILES string of the molecule is CNC(CSc1cc(Cl)ccc1Cl)c1cc(C)ccc1C. The summed E-state index contributed by atoms with van der Waals surface area (Å²) in [6.07, 6.45) is 0. The lowest BCUT2D eigenvalue weighted by Gasteiger charge is -2.19. The summed E-state index contributed by atoms with van der Waals surface area (Å²) in [7, 11) is 1.99. The van der Waals surface area contributed by atoms with Crippen LogP contribution < -0.4 is 5.32 Å². The third-order valence-corrected chi connectivity index (χ3v) is 5.28. The van der Waals surface area contributed by atoms with Gasteiger partial charge in [0, 0.05) is 21.7 Å². The summed E-state index contributed by atoms with van der Waals surface area (Å²) in [6, 6.07) is 12.4. The summed E-state index contributed by atoms with van der Waals surface area (Å²) in [4.78, 5) is 1.02. The van der Waals surface area contributed by atoms with Crippen LogP contribution in [0.1, 0.15) is 22.7 Å². The van der Waals surface area contributed by atoms with Crippen molar-refractivity contribution in [2.24, 2.45) is 0 Å². The van der Waals surface area contributed by atoms with Crippen molar-refractivity contribution < 1.29 is 0 Å². The highest BCUT2D eigenvalue weighted by Crippen LogP contribution is 2.33. The Bertz CT molecular complexity index is 628. The molecule has 0 amide bonds. The molecule has 2 rings (SSSR count). The van der Waals surface area contributed by atoms with Gasteiger partial charge in [-0.1, -0.05) is 47.0 Å². The van der Waals surface area contributed by atoms with Gasteiger partial charge in [0.05, 0.1) is 5.02 Å². The van der Waals surface area contributed by atoms with Gasteiger partial charge in [0.1, 0.15) is 0 Å². The second-order valence-electron chi connectivity index (χ2n) is 5.09. The first-order valence-corrected chi connectivity index (χ1v) is 8.57. The van der Waals surface area contributed by atoms with Crippen LogP contribution in [0.25, 0.3) is 0 Å². The van der Waals surface area contributed by atoms with E-state index in [2.05, 4.69) is 37.4 Å². The van der Waals surface area contributed by atoms with Crippen LogP contribution >= 0.6 is 35.0 Å². The smallest absolute Gasteiger partial charge is 0.0542 e. The van der Waals surface area contributed by atoms with Crippen LogP contribution in [0.15, 0.2) is 41.3 Å². The molecule has 0 fully saturated rings. The molecule has 2 aromatic carbocycles. The highest BCUT2D eigenvalue weighted by Gasteiger charge is 2.13. The maximum atomic E-state index is 6.23. The van der Waals surface area contributed by atoms with Gasteiger partial charge >= 0.3 is 0 Å². The van der Waals surface area contributed by atoms with E-state index in [4.69, 9.17) is 23.2 Å². The predicted molar refractivity (Wildman–Crippen MR) is 94.9 cm³/mol. The van der Waals surface area contributed by atoms with E-state index in [9.17, 15) is 0 Å². The number of halogens is 2. The zero-order valence-corrected chi connectivity index (χ0v) is 14.7. The van der Waals surface area contributed by atoms with Crippen molar-refractivity contribution in [1.29, 1.82) is 0 Å². The minimum Gasteiger partial charge on any atom is -0.312 e. The Balaban J connectivity index is 2.16. The van der Waals surface area contributed by atoms with Gasteiger partial charge in [-0.3, -0.25) is 0 Å². The Morgan fingerprint density at radius 2 is 1.86 bits per heavy atom. The zero-order valence-electron chi connectivity index (χ0n) is 12.4. The van der Waals surface area contributed by atoms with Gasteiger partial charge in [-0.25, -0.2) is 0 Å². The quantitative estimate of drug-likeness (QED) is 0.705. The van der Waals surface area contributed by atoms with Crippen molar-refractivity contribution >= 4 is 35.0 Å². The molecule has 0 aliphatic rings. The molecule has 0 bridgehead atoms. The van der Waals surface area contributed by atoms with Crippen LogP contribution in [-0.4, -0.2) is 12.8 Å². The number of benzene rings is 2. The summed E-state index contributed by atoms with van der Waals surface area (Å²) >= 11 is 14.0. The van der Waals surface area contributed by atoms with Crippen LogP contribution in [0.2, 0.25) is 10.0 Å². The Morgan fingerprint density at radius 1 is 1.10 bits per heavy atom. The van der Waals surface area contributed by atoms with Crippen LogP contribution in [0, 0.1) is 13.8 Å². The number of nitrogens with one attached hydrogen (secondary N) is 1. The van der Waals surface area contributed by atoms with Gasteiger partial charge in [0.2, 0.25) is 0 Å². The molecule has 112 valence electrons. The van der Waals surface area contributed by atoms with Crippen molar-refractivity contribution in [2.45, 2.75) is 24.8 Å². The lowest BCUT2D eigenvalue weighted by Crippen LogP contribution is -2.19. The normalized spacial score (nSPS) is 12.4. The molecule has 0 aliphatic heterocycles. The first-order chi connectivity index (χ1) is 10.0. The number of hydrogen-bond donors (Lipinski definition) is 1. The molecule has 0 radical (unpaired) electrons. The second-order valence-corrected chi connectivity index (χ2v) is 6.99.